The smallest absolute Gasteiger partial charge is 0.134 e. The van der Waals surface area contributed by atoms with E-state index in [2.05, 4.69) is 83.4 Å². The molecule has 0 saturated carbocycles. The lowest BCUT2D eigenvalue weighted by Gasteiger charge is -2.40. The predicted octanol–water partition coefficient (Wildman–Crippen LogP) is 2.75. The Morgan fingerprint density at radius 3 is 2.79 bits per heavy atom. The molecule has 24 heavy (non-hydrogen) atoms. The summed E-state index contributed by atoms with van der Waals surface area (Å²) in [6.45, 7) is 8.30. The first-order chi connectivity index (χ1) is 11.5. The molecule has 1 aliphatic heterocycles. The van der Waals surface area contributed by atoms with Crippen LogP contribution in [0.2, 0.25) is 0 Å². The Balaban J connectivity index is 1.78. The summed E-state index contributed by atoms with van der Waals surface area (Å²) < 4.78 is 0. The quantitative estimate of drug-likeness (QED) is 0.916. The monoisotopic (exact) mass is 325 g/mol. The molecular formula is C19H27N5. The van der Waals surface area contributed by atoms with E-state index in [9.17, 15) is 0 Å². The van der Waals surface area contributed by atoms with E-state index in [0.29, 0.717) is 0 Å². The molecule has 2 heterocycles. The van der Waals surface area contributed by atoms with Gasteiger partial charge in [-0.05, 0) is 25.2 Å². The van der Waals surface area contributed by atoms with Gasteiger partial charge in [0.25, 0.3) is 0 Å². The molecule has 0 atom stereocenters. The summed E-state index contributed by atoms with van der Waals surface area (Å²) in [5, 5.41) is 3.38. The Labute approximate surface area is 144 Å². The van der Waals surface area contributed by atoms with E-state index in [1.54, 1.807) is 6.33 Å². The zero-order valence-electron chi connectivity index (χ0n) is 15.1. The minimum absolute atomic E-state index is 0.109. The summed E-state index contributed by atoms with van der Waals surface area (Å²) in [6, 6.07) is 10.8. The Bertz CT molecular complexity index is 696. The molecule has 128 valence electrons. The molecule has 2 aromatic rings. The van der Waals surface area contributed by atoms with E-state index in [1.807, 2.05) is 0 Å². The normalized spacial score (nSPS) is 16.1. The predicted molar refractivity (Wildman–Crippen MR) is 99.6 cm³/mol. The summed E-state index contributed by atoms with van der Waals surface area (Å²) in [7, 11) is 4.14. The second-order valence-corrected chi connectivity index (χ2v) is 7.39. The maximum atomic E-state index is 4.51. The van der Waals surface area contributed by atoms with Crippen molar-refractivity contribution in [2.75, 3.05) is 43.9 Å². The molecule has 0 saturated heterocycles. The fraction of sp³-hybridized carbons (Fsp3) is 0.474. The number of anilines is 2. The van der Waals surface area contributed by atoms with Crippen molar-refractivity contribution in [1.29, 1.82) is 0 Å². The van der Waals surface area contributed by atoms with E-state index in [-0.39, 0.29) is 5.41 Å². The molecule has 5 heteroatoms. The van der Waals surface area contributed by atoms with E-state index in [0.717, 1.165) is 37.8 Å². The first kappa shape index (κ1) is 16.7. The lowest BCUT2D eigenvalue weighted by Crippen LogP contribution is -2.42. The van der Waals surface area contributed by atoms with Crippen molar-refractivity contribution < 1.29 is 0 Å². The molecule has 0 aliphatic carbocycles. The lowest BCUT2D eigenvalue weighted by atomic mass is 9.78. The van der Waals surface area contributed by atoms with Crippen molar-refractivity contribution in [2.24, 2.45) is 0 Å². The van der Waals surface area contributed by atoms with Crippen LogP contribution >= 0.6 is 0 Å². The molecule has 1 aliphatic rings. The number of aromatic nitrogens is 2. The van der Waals surface area contributed by atoms with Crippen LogP contribution in [0.25, 0.3) is 0 Å². The standard InChI is InChI=1S/C19H27N5/c1-19(2)13-24(12-15-7-5-6-8-16(15)19)18-11-17(21-14-22-18)20-9-10-23(3)4/h5-8,11,14H,9-10,12-13H2,1-4H3,(H,20,21,22). The third kappa shape index (κ3) is 3.67. The molecule has 1 aromatic carbocycles. The fourth-order valence-electron chi connectivity index (χ4n) is 3.33. The summed E-state index contributed by atoms with van der Waals surface area (Å²) in [5.41, 5.74) is 2.94. The van der Waals surface area contributed by atoms with Crippen LogP contribution in [-0.2, 0) is 12.0 Å². The molecule has 1 N–H and O–H groups in total. The minimum atomic E-state index is 0.109. The average molecular weight is 325 g/mol. The second-order valence-electron chi connectivity index (χ2n) is 7.39. The molecule has 3 rings (SSSR count). The van der Waals surface area contributed by atoms with Gasteiger partial charge in [-0.15, -0.1) is 0 Å². The van der Waals surface area contributed by atoms with Gasteiger partial charge < -0.3 is 15.1 Å². The van der Waals surface area contributed by atoms with Crippen molar-refractivity contribution in [2.45, 2.75) is 25.8 Å². The Morgan fingerprint density at radius 2 is 2.00 bits per heavy atom. The van der Waals surface area contributed by atoms with Crippen molar-refractivity contribution in [3.8, 4) is 0 Å². The number of hydrogen-bond acceptors (Lipinski definition) is 5. The van der Waals surface area contributed by atoms with Crippen LogP contribution in [-0.4, -0.2) is 48.6 Å². The van der Waals surface area contributed by atoms with Gasteiger partial charge in [0.15, 0.2) is 0 Å². The SMILES string of the molecule is CN(C)CCNc1cc(N2Cc3ccccc3C(C)(C)C2)ncn1. The highest BCUT2D eigenvalue weighted by atomic mass is 15.2. The zero-order chi connectivity index (χ0) is 17.2. The van der Waals surface area contributed by atoms with Gasteiger partial charge in [0.2, 0.25) is 0 Å². The molecule has 0 amide bonds. The highest BCUT2D eigenvalue weighted by molar-refractivity contribution is 5.52. The average Bonchev–Trinajstić information content (AvgIpc) is 2.54. The number of benzene rings is 1. The zero-order valence-corrected chi connectivity index (χ0v) is 15.1. The van der Waals surface area contributed by atoms with E-state index in [4.69, 9.17) is 0 Å². The number of hydrogen-bond donors (Lipinski definition) is 1. The maximum Gasteiger partial charge on any atom is 0.134 e. The molecule has 1 aromatic heterocycles. The lowest BCUT2D eigenvalue weighted by molar-refractivity contribution is 0.425. The van der Waals surface area contributed by atoms with Crippen molar-refractivity contribution in [1.82, 2.24) is 14.9 Å². The van der Waals surface area contributed by atoms with E-state index < -0.39 is 0 Å². The van der Waals surface area contributed by atoms with E-state index in [1.165, 1.54) is 11.1 Å². The van der Waals surface area contributed by atoms with Crippen molar-refractivity contribution in [3.05, 3.63) is 47.8 Å². The van der Waals surface area contributed by atoms with Crippen molar-refractivity contribution in [3.63, 3.8) is 0 Å². The largest absolute Gasteiger partial charge is 0.369 e. The Morgan fingerprint density at radius 1 is 1.21 bits per heavy atom. The summed E-state index contributed by atoms with van der Waals surface area (Å²) >= 11 is 0. The summed E-state index contributed by atoms with van der Waals surface area (Å²) in [6.07, 6.45) is 1.65. The first-order valence-electron chi connectivity index (χ1n) is 8.50. The van der Waals surface area contributed by atoms with Gasteiger partial charge in [-0.25, -0.2) is 9.97 Å². The molecule has 0 unspecified atom stereocenters. The Kier molecular flexibility index (Phi) is 4.71. The highest BCUT2D eigenvalue weighted by Crippen LogP contribution is 2.35. The first-order valence-corrected chi connectivity index (χ1v) is 8.50. The van der Waals surface area contributed by atoms with Gasteiger partial charge in [-0.2, -0.15) is 0 Å². The summed E-state index contributed by atoms with van der Waals surface area (Å²) in [5.74, 6) is 1.87. The third-order valence-corrected chi connectivity index (χ3v) is 4.54. The van der Waals surface area contributed by atoms with Crippen LogP contribution in [0, 0.1) is 0 Å². The molecule has 0 bridgehead atoms. The number of nitrogens with zero attached hydrogens (tertiary/aromatic N) is 4. The molecule has 0 radical (unpaired) electrons. The van der Waals surface area contributed by atoms with Crippen LogP contribution in [0.4, 0.5) is 11.6 Å². The molecular weight excluding hydrogens is 298 g/mol. The molecule has 0 spiro atoms. The van der Waals surface area contributed by atoms with Crippen LogP contribution in [0.5, 0.6) is 0 Å². The number of fused-ring (bicyclic) bond motifs is 1. The fourth-order valence-corrected chi connectivity index (χ4v) is 3.33. The van der Waals surface area contributed by atoms with Gasteiger partial charge in [0, 0.05) is 37.7 Å². The van der Waals surface area contributed by atoms with Crippen LogP contribution in [0.1, 0.15) is 25.0 Å². The van der Waals surface area contributed by atoms with E-state index >= 15 is 0 Å². The topological polar surface area (TPSA) is 44.3 Å². The van der Waals surface area contributed by atoms with Gasteiger partial charge >= 0.3 is 0 Å². The van der Waals surface area contributed by atoms with Gasteiger partial charge in [0.05, 0.1) is 0 Å². The molecule has 5 nitrogen and oxygen atoms in total. The third-order valence-electron chi connectivity index (χ3n) is 4.54. The number of nitrogens with one attached hydrogen (secondary N) is 1. The van der Waals surface area contributed by atoms with Gasteiger partial charge in [-0.1, -0.05) is 38.1 Å². The second kappa shape index (κ2) is 6.77. The molecule has 0 fully saturated rings. The van der Waals surface area contributed by atoms with Crippen LogP contribution in [0.15, 0.2) is 36.7 Å². The Hall–Kier alpha value is -2.14. The maximum absolute atomic E-state index is 4.51. The number of rotatable bonds is 5. The van der Waals surface area contributed by atoms with Crippen molar-refractivity contribution >= 4 is 11.6 Å². The van der Waals surface area contributed by atoms with Crippen LogP contribution < -0.4 is 10.2 Å². The van der Waals surface area contributed by atoms with Gasteiger partial charge in [0.1, 0.15) is 18.0 Å². The summed E-state index contributed by atoms with van der Waals surface area (Å²) in [4.78, 5) is 13.4. The number of likely N-dealkylation sites (N-methyl/N-ethyl adjacent to an activating group) is 1. The van der Waals surface area contributed by atoms with Gasteiger partial charge in [-0.3, -0.25) is 0 Å². The minimum Gasteiger partial charge on any atom is -0.369 e. The van der Waals surface area contributed by atoms with Crippen LogP contribution in [0.3, 0.4) is 0 Å². The highest BCUT2D eigenvalue weighted by Gasteiger charge is 2.32.